The van der Waals surface area contributed by atoms with E-state index in [-0.39, 0.29) is 24.3 Å². The van der Waals surface area contributed by atoms with Crippen molar-refractivity contribution in [3.8, 4) is 5.75 Å². The highest BCUT2D eigenvalue weighted by Crippen LogP contribution is 2.21. The first kappa shape index (κ1) is 13.5. The fraction of sp³-hybridized carbons (Fsp3) is 0.462. The van der Waals surface area contributed by atoms with Crippen LogP contribution >= 0.6 is 0 Å². The lowest BCUT2D eigenvalue weighted by atomic mass is 9.95. The molecule has 1 aromatic rings. The summed E-state index contributed by atoms with van der Waals surface area (Å²) in [5, 5.41) is 0. The normalized spacial score (nSPS) is 12.5. The lowest BCUT2D eigenvalue weighted by Gasteiger charge is -2.15. The molecule has 17 heavy (non-hydrogen) atoms. The molecule has 0 spiro atoms. The molecule has 0 bridgehead atoms. The van der Waals surface area contributed by atoms with Crippen LogP contribution in [0.4, 0.5) is 0 Å². The summed E-state index contributed by atoms with van der Waals surface area (Å²) < 4.78 is 5.54. The van der Waals surface area contributed by atoms with Crippen molar-refractivity contribution >= 4 is 5.91 Å². The van der Waals surface area contributed by atoms with Crippen molar-refractivity contribution in [2.45, 2.75) is 32.3 Å². The molecule has 0 fully saturated rings. The van der Waals surface area contributed by atoms with E-state index < -0.39 is 0 Å². The number of benzene rings is 1. The number of rotatable bonds is 6. The Labute approximate surface area is 102 Å². The molecule has 0 radical (unpaired) electrons. The monoisotopic (exact) mass is 236 g/mol. The Balaban J connectivity index is 2.74. The van der Waals surface area contributed by atoms with Gasteiger partial charge in [0.15, 0.2) is 0 Å². The second-order valence-corrected chi connectivity index (χ2v) is 4.34. The molecular formula is C13H20N2O2. The predicted octanol–water partition coefficient (Wildman–Crippen LogP) is 1.39. The Morgan fingerprint density at radius 1 is 1.29 bits per heavy atom. The molecule has 1 aromatic carbocycles. The highest BCUT2D eigenvalue weighted by Gasteiger charge is 2.12. The van der Waals surface area contributed by atoms with Gasteiger partial charge in [0.2, 0.25) is 5.91 Å². The summed E-state index contributed by atoms with van der Waals surface area (Å²) in [6.45, 7) is 4.36. The molecule has 1 rings (SSSR count). The van der Waals surface area contributed by atoms with Gasteiger partial charge in [-0.15, -0.1) is 0 Å². The third kappa shape index (κ3) is 4.44. The van der Waals surface area contributed by atoms with E-state index in [4.69, 9.17) is 16.2 Å². The van der Waals surface area contributed by atoms with Crippen LogP contribution in [0.15, 0.2) is 24.3 Å². The van der Waals surface area contributed by atoms with Crippen LogP contribution in [0.2, 0.25) is 0 Å². The van der Waals surface area contributed by atoms with Gasteiger partial charge in [0.25, 0.3) is 0 Å². The van der Waals surface area contributed by atoms with Gasteiger partial charge in [-0.3, -0.25) is 4.79 Å². The Hall–Kier alpha value is -1.55. The molecule has 1 amide bonds. The maximum absolute atomic E-state index is 10.9. The van der Waals surface area contributed by atoms with Gasteiger partial charge < -0.3 is 16.2 Å². The fourth-order valence-corrected chi connectivity index (χ4v) is 1.67. The van der Waals surface area contributed by atoms with Crippen LogP contribution in [0, 0.1) is 0 Å². The number of primary amides is 1. The van der Waals surface area contributed by atoms with E-state index in [1.54, 1.807) is 0 Å². The lowest BCUT2D eigenvalue weighted by molar-refractivity contribution is -0.118. The molecule has 0 aliphatic heterocycles. The number of ether oxygens (including phenoxy) is 1. The molecule has 0 aliphatic carbocycles. The van der Waals surface area contributed by atoms with Gasteiger partial charge in [-0.25, -0.2) is 0 Å². The molecule has 0 heterocycles. The van der Waals surface area contributed by atoms with Crippen LogP contribution in [0.3, 0.4) is 0 Å². The van der Waals surface area contributed by atoms with Gasteiger partial charge in [-0.05, 0) is 38.1 Å². The zero-order chi connectivity index (χ0) is 12.8. The Morgan fingerprint density at radius 2 is 1.88 bits per heavy atom. The molecule has 94 valence electrons. The van der Waals surface area contributed by atoms with E-state index in [1.807, 2.05) is 38.1 Å². The van der Waals surface area contributed by atoms with Crippen LogP contribution in [-0.2, 0) is 4.79 Å². The molecule has 1 atom stereocenters. The molecule has 1 unspecified atom stereocenters. The van der Waals surface area contributed by atoms with Crippen molar-refractivity contribution in [2.75, 3.05) is 6.54 Å². The third-order valence-electron chi connectivity index (χ3n) is 2.46. The Bertz CT molecular complexity index is 360. The topological polar surface area (TPSA) is 78.3 Å². The average Bonchev–Trinajstić information content (AvgIpc) is 2.26. The van der Waals surface area contributed by atoms with E-state index in [1.165, 1.54) is 0 Å². The number of nitrogens with two attached hydrogens (primary N) is 2. The van der Waals surface area contributed by atoms with Gasteiger partial charge in [0.05, 0.1) is 6.10 Å². The Kier molecular flexibility index (Phi) is 4.97. The van der Waals surface area contributed by atoms with Gasteiger partial charge in [-0.1, -0.05) is 12.1 Å². The van der Waals surface area contributed by atoms with E-state index in [0.717, 1.165) is 11.3 Å². The first-order valence-electron chi connectivity index (χ1n) is 5.78. The number of carbonyl (C=O) groups is 1. The van der Waals surface area contributed by atoms with E-state index in [0.29, 0.717) is 6.54 Å². The molecule has 4 N–H and O–H groups in total. The van der Waals surface area contributed by atoms with Crippen molar-refractivity contribution in [3.63, 3.8) is 0 Å². The molecule has 0 saturated carbocycles. The van der Waals surface area contributed by atoms with Gasteiger partial charge in [0, 0.05) is 12.3 Å². The molecule has 0 saturated heterocycles. The van der Waals surface area contributed by atoms with Crippen LogP contribution in [0.5, 0.6) is 5.75 Å². The molecule has 0 aliphatic rings. The van der Waals surface area contributed by atoms with Crippen LogP contribution in [-0.4, -0.2) is 18.6 Å². The summed E-state index contributed by atoms with van der Waals surface area (Å²) >= 11 is 0. The number of hydrogen-bond acceptors (Lipinski definition) is 3. The highest BCUT2D eigenvalue weighted by atomic mass is 16.5. The first-order chi connectivity index (χ1) is 8.02. The van der Waals surface area contributed by atoms with Gasteiger partial charge >= 0.3 is 0 Å². The number of amides is 1. The summed E-state index contributed by atoms with van der Waals surface area (Å²) in [6.07, 6.45) is 0.428. The van der Waals surface area contributed by atoms with Crippen LogP contribution in [0.1, 0.15) is 31.7 Å². The molecule has 4 heteroatoms. The second kappa shape index (κ2) is 6.25. The maximum atomic E-state index is 10.9. The maximum Gasteiger partial charge on any atom is 0.218 e. The number of hydrogen-bond donors (Lipinski definition) is 2. The largest absolute Gasteiger partial charge is 0.491 e. The minimum atomic E-state index is -0.331. The van der Waals surface area contributed by atoms with E-state index in [2.05, 4.69) is 0 Å². The second-order valence-electron chi connectivity index (χ2n) is 4.34. The predicted molar refractivity (Wildman–Crippen MR) is 67.8 cm³/mol. The number of carbonyl (C=O) groups excluding carboxylic acids is 1. The van der Waals surface area contributed by atoms with Crippen LogP contribution in [0.25, 0.3) is 0 Å². The van der Waals surface area contributed by atoms with E-state index >= 15 is 0 Å². The summed E-state index contributed by atoms with van der Waals surface area (Å²) in [7, 11) is 0. The van der Waals surface area contributed by atoms with Crippen molar-refractivity contribution < 1.29 is 9.53 Å². The first-order valence-corrected chi connectivity index (χ1v) is 5.78. The standard InChI is InChI=1S/C13H20N2O2/c1-9(2)17-12-5-3-10(4-6-12)11(8-14)7-13(15)16/h3-6,9,11H,7-8,14H2,1-2H3,(H2,15,16). The summed E-state index contributed by atoms with van der Waals surface area (Å²) in [6, 6.07) is 7.63. The minimum absolute atomic E-state index is 0.0133. The molecule has 0 aromatic heterocycles. The summed E-state index contributed by atoms with van der Waals surface area (Å²) in [5.74, 6) is 0.474. The third-order valence-corrected chi connectivity index (χ3v) is 2.46. The highest BCUT2D eigenvalue weighted by molar-refractivity contribution is 5.74. The Morgan fingerprint density at radius 3 is 2.29 bits per heavy atom. The zero-order valence-corrected chi connectivity index (χ0v) is 10.3. The average molecular weight is 236 g/mol. The summed E-state index contributed by atoms with van der Waals surface area (Å²) in [4.78, 5) is 10.9. The zero-order valence-electron chi connectivity index (χ0n) is 10.3. The lowest BCUT2D eigenvalue weighted by Crippen LogP contribution is -2.21. The van der Waals surface area contributed by atoms with Gasteiger partial charge in [0.1, 0.15) is 5.75 Å². The smallest absolute Gasteiger partial charge is 0.218 e. The SMILES string of the molecule is CC(C)Oc1ccc(C(CN)CC(N)=O)cc1. The van der Waals surface area contributed by atoms with Crippen molar-refractivity contribution in [1.82, 2.24) is 0 Å². The van der Waals surface area contributed by atoms with Crippen molar-refractivity contribution in [1.29, 1.82) is 0 Å². The van der Waals surface area contributed by atoms with Crippen molar-refractivity contribution in [3.05, 3.63) is 29.8 Å². The van der Waals surface area contributed by atoms with Gasteiger partial charge in [-0.2, -0.15) is 0 Å². The quantitative estimate of drug-likeness (QED) is 0.783. The molecular weight excluding hydrogens is 216 g/mol. The minimum Gasteiger partial charge on any atom is -0.491 e. The van der Waals surface area contributed by atoms with Crippen molar-refractivity contribution in [2.24, 2.45) is 11.5 Å². The fourth-order valence-electron chi connectivity index (χ4n) is 1.67. The summed E-state index contributed by atoms with van der Waals surface area (Å²) in [5.41, 5.74) is 11.8. The van der Waals surface area contributed by atoms with E-state index in [9.17, 15) is 4.79 Å². The molecule has 4 nitrogen and oxygen atoms in total. The van der Waals surface area contributed by atoms with Crippen LogP contribution < -0.4 is 16.2 Å².